The SMILES string of the molecule is C[C@@H]1[C@@H](NC(=O)/C(=N\OC(C)(C)C(=O)NNC(=O)c2cc(O)c(O)c(S(=O)(=O)O)c2)c2csc(N)n2)C(=O)N1S(=O)(=O)O. The smallest absolute Gasteiger partial charge is 0.362 e. The number of carbonyl (C=O) groups is 4. The number of rotatable bonds is 9. The number of β-lactam (4-membered cyclic amide) rings is 1. The van der Waals surface area contributed by atoms with E-state index in [9.17, 15) is 46.2 Å². The van der Waals surface area contributed by atoms with Crippen LogP contribution in [0.5, 0.6) is 11.5 Å². The Kier molecular flexibility index (Phi) is 8.88. The Morgan fingerprint density at radius 1 is 1.14 bits per heavy atom. The first kappa shape index (κ1) is 32.9. The van der Waals surface area contributed by atoms with Crippen molar-refractivity contribution in [1.29, 1.82) is 0 Å². The summed E-state index contributed by atoms with van der Waals surface area (Å²) in [6, 6.07) is -1.39. The zero-order valence-corrected chi connectivity index (χ0v) is 24.4. The average molecular weight is 666 g/mol. The van der Waals surface area contributed by atoms with Gasteiger partial charge in [0.15, 0.2) is 22.3 Å². The number of hydrazine groups is 1. The van der Waals surface area contributed by atoms with Gasteiger partial charge in [0.2, 0.25) is 5.60 Å². The first-order chi connectivity index (χ1) is 19.6. The van der Waals surface area contributed by atoms with Crippen LogP contribution in [0.3, 0.4) is 0 Å². The van der Waals surface area contributed by atoms with E-state index in [1.165, 1.54) is 12.3 Å². The van der Waals surface area contributed by atoms with Crippen LogP contribution in [-0.2, 0) is 39.6 Å². The van der Waals surface area contributed by atoms with Gasteiger partial charge < -0.3 is 26.1 Å². The topological polar surface area (TPSA) is 317 Å². The number of aromatic hydroxyl groups is 2. The van der Waals surface area contributed by atoms with E-state index in [2.05, 4.69) is 15.5 Å². The average Bonchev–Trinajstić information content (AvgIpc) is 3.31. The lowest BCUT2D eigenvalue weighted by atomic mass is 10.0. The van der Waals surface area contributed by atoms with Crippen molar-refractivity contribution < 1.29 is 60.2 Å². The van der Waals surface area contributed by atoms with Crippen LogP contribution in [-0.4, -0.2) is 92.5 Å². The molecule has 3 rings (SSSR count). The Morgan fingerprint density at radius 3 is 2.28 bits per heavy atom. The summed E-state index contributed by atoms with van der Waals surface area (Å²) in [5.41, 5.74) is 6.12. The lowest BCUT2D eigenvalue weighted by molar-refractivity contribution is -0.144. The molecule has 0 aliphatic carbocycles. The second-order valence-electron chi connectivity index (χ2n) is 9.14. The van der Waals surface area contributed by atoms with Gasteiger partial charge in [-0.15, -0.1) is 11.3 Å². The molecule has 2 heterocycles. The van der Waals surface area contributed by atoms with Crippen molar-refractivity contribution in [3.63, 3.8) is 0 Å². The number of phenolic OH excluding ortho intramolecular Hbond substituents is 2. The van der Waals surface area contributed by atoms with E-state index in [4.69, 9.17) is 19.7 Å². The lowest BCUT2D eigenvalue weighted by Crippen LogP contribution is -2.71. The number of nitrogen functional groups attached to an aromatic ring is 1. The predicted molar refractivity (Wildman–Crippen MR) is 143 cm³/mol. The van der Waals surface area contributed by atoms with Crippen molar-refractivity contribution in [1.82, 2.24) is 25.5 Å². The van der Waals surface area contributed by atoms with E-state index < -0.39 is 89.4 Å². The molecule has 20 nitrogen and oxygen atoms in total. The van der Waals surface area contributed by atoms with Gasteiger partial charge in [0.1, 0.15) is 16.6 Å². The van der Waals surface area contributed by atoms with Crippen LogP contribution in [0, 0.1) is 0 Å². The molecule has 0 unspecified atom stereocenters. The number of nitrogens with two attached hydrogens (primary N) is 1. The molecule has 0 saturated carbocycles. The number of hydrogen-bond donors (Lipinski definition) is 8. The highest BCUT2D eigenvalue weighted by Gasteiger charge is 2.51. The lowest BCUT2D eigenvalue weighted by Gasteiger charge is -2.42. The van der Waals surface area contributed by atoms with Gasteiger partial charge in [-0.3, -0.25) is 39.1 Å². The fraction of sp³-hybridized carbons (Fsp3) is 0.300. The summed E-state index contributed by atoms with van der Waals surface area (Å²) in [6.45, 7) is 3.53. The Hall–Kier alpha value is -4.58. The highest BCUT2D eigenvalue weighted by Crippen LogP contribution is 2.33. The van der Waals surface area contributed by atoms with Crippen LogP contribution in [0.4, 0.5) is 5.13 Å². The van der Waals surface area contributed by atoms with Crippen molar-refractivity contribution in [3.8, 4) is 11.5 Å². The van der Waals surface area contributed by atoms with Crippen LogP contribution >= 0.6 is 11.3 Å². The molecular weight excluding hydrogens is 642 g/mol. The van der Waals surface area contributed by atoms with Gasteiger partial charge in [-0.2, -0.15) is 16.8 Å². The summed E-state index contributed by atoms with van der Waals surface area (Å²) in [5.74, 6) is -6.82. The molecule has 1 fully saturated rings. The normalized spacial score (nSPS) is 17.6. The molecule has 43 heavy (non-hydrogen) atoms. The van der Waals surface area contributed by atoms with Crippen molar-refractivity contribution >= 4 is 66.2 Å². The molecule has 2 atom stereocenters. The molecule has 4 amide bonds. The molecule has 0 spiro atoms. The number of hydrogen-bond acceptors (Lipinski definition) is 15. The third kappa shape index (κ3) is 7.08. The number of nitrogens with one attached hydrogen (secondary N) is 3. The van der Waals surface area contributed by atoms with E-state index in [1.54, 1.807) is 0 Å². The molecule has 23 heteroatoms. The largest absolute Gasteiger partial charge is 0.504 e. The van der Waals surface area contributed by atoms with Crippen LogP contribution < -0.4 is 21.9 Å². The van der Waals surface area contributed by atoms with Gasteiger partial charge in [-0.05, 0) is 32.9 Å². The molecular formula is C20H23N7O13S3. The molecule has 0 bridgehead atoms. The monoisotopic (exact) mass is 665 g/mol. The molecule has 1 aromatic heterocycles. The van der Waals surface area contributed by atoms with Crippen LogP contribution in [0.2, 0.25) is 0 Å². The number of carbonyl (C=O) groups excluding carboxylic acids is 4. The highest BCUT2D eigenvalue weighted by molar-refractivity contribution is 7.86. The molecule has 1 saturated heterocycles. The van der Waals surface area contributed by atoms with Crippen LogP contribution in [0.25, 0.3) is 0 Å². The summed E-state index contributed by atoms with van der Waals surface area (Å²) >= 11 is 0.896. The summed E-state index contributed by atoms with van der Waals surface area (Å²) in [5, 5.41) is 26.5. The third-order valence-electron chi connectivity index (χ3n) is 5.65. The molecule has 234 valence electrons. The number of nitrogens with zero attached hydrogens (tertiary/aromatic N) is 3. The maximum Gasteiger partial charge on any atom is 0.362 e. The Labute approximate surface area is 246 Å². The molecule has 2 aromatic rings. The standard InChI is InChI=1S/C20H23N7O13S3/c1-7-12(17(32)27(7)43(37,38)39)23-16(31)13(9-6-41-19(21)22-9)26-40-20(2,3)18(33)25-24-15(30)8-4-10(28)14(29)11(5-8)42(34,35)36/h4-7,12,28-29H,1-3H3,(H2,21,22)(H,23,31)(H,24,30)(H,25,33)(H,34,35,36)(H,37,38,39)/b26-13-/t7-,12-/m1/s1. The van der Waals surface area contributed by atoms with Crippen molar-refractivity contribution in [3.05, 3.63) is 28.8 Å². The summed E-state index contributed by atoms with van der Waals surface area (Å²) in [4.78, 5) is 58.2. The summed E-state index contributed by atoms with van der Waals surface area (Å²) in [6.07, 6.45) is 0. The van der Waals surface area contributed by atoms with Gasteiger partial charge in [-0.25, -0.2) is 9.29 Å². The number of amides is 4. The van der Waals surface area contributed by atoms with E-state index in [0.717, 1.165) is 25.2 Å². The minimum absolute atomic E-state index is 0.00160. The quantitative estimate of drug-likeness (QED) is 0.0466. The van der Waals surface area contributed by atoms with Crippen LogP contribution in [0.1, 0.15) is 36.8 Å². The molecule has 0 radical (unpaired) electrons. The number of benzene rings is 1. The fourth-order valence-corrected chi connectivity index (χ4v) is 5.43. The molecule has 1 aromatic carbocycles. The fourth-order valence-electron chi connectivity index (χ4n) is 3.37. The minimum Gasteiger partial charge on any atom is -0.504 e. The Bertz CT molecular complexity index is 1750. The Morgan fingerprint density at radius 2 is 1.77 bits per heavy atom. The van der Waals surface area contributed by atoms with Gasteiger partial charge in [0.05, 0.1) is 6.04 Å². The second-order valence-corrected chi connectivity index (χ2v) is 12.7. The maximum atomic E-state index is 13.0. The zero-order valence-electron chi connectivity index (χ0n) is 22.0. The summed E-state index contributed by atoms with van der Waals surface area (Å²) < 4.78 is 63.9. The Balaban J connectivity index is 1.75. The first-order valence-electron chi connectivity index (χ1n) is 11.4. The number of thiazole rings is 1. The number of aromatic nitrogens is 1. The van der Waals surface area contributed by atoms with Gasteiger partial charge in [0, 0.05) is 10.9 Å². The number of anilines is 1. The van der Waals surface area contributed by atoms with E-state index in [0.29, 0.717) is 12.1 Å². The van der Waals surface area contributed by atoms with Gasteiger partial charge in [0.25, 0.3) is 33.7 Å². The second kappa shape index (κ2) is 11.6. The molecule has 1 aliphatic rings. The van der Waals surface area contributed by atoms with Crippen molar-refractivity contribution in [2.45, 2.75) is 43.4 Å². The zero-order chi connectivity index (χ0) is 32.7. The minimum atomic E-state index is -5.05. The first-order valence-corrected chi connectivity index (χ1v) is 15.1. The van der Waals surface area contributed by atoms with E-state index >= 15 is 0 Å². The maximum absolute atomic E-state index is 13.0. The van der Waals surface area contributed by atoms with Crippen LogP contribution in [0.15, 0.2) is 27.6 Å². The molecule has 9 N–H and O–H groups in total. The molecule has 1 aliphatic heterocycles. The van der Waals surface area contributed by atoms with Crippen molar-refractivity contribution in [2.75, 3.05) is 5.73 Å². The summed E-state index contributed by atoms with van der Waals surface area (Å²) in [7, 11) is -9.92. The predicted octanol–water partition coefficient (Wildman–Crippen LogP) is -2.14. The van der Waals surface area contributed by atoms with E-state index in [1.807, 2.05) is 10.9 Å². The number of phenols is 2. The highest BCUT2D eigenvalue weighted by atomic mass is 32.2. The van der Waals surface area contributed by atoms with E-state index in [-0.39, 0.29) is 15.1 Å². The van der Waals surface area contributed by atoms with Gasteiger partial charge in [-0.1, -0.05) is 5.16 Å². The van der Waals surface area contributed by atoms with Gasteiger partial charge >= 0.3 is 10.3 Å². The third-order valence-corrected chi connectivity index (χ3v) is 8.20. The van der Waals surface area contributed by atoms with Crippen molar-refractivity contribution in [2.24, 2.45) is 5.16 Å². The number of oxime groups is 1.